The Labute approximate surface area is 117 Å². The summed E-state index contributed by atoms with van der Waals surface area (Å²) < 4.78 is 7.49. The van der Waals surface area contributed by atoms with E-state index >= 15 is 0 Å². The number of fused-ring (bicyclic) bond motifs is 1. The van der Waals surface area contributed by atoms with Crippen LogP contribution in [-0.4, -0.2) is 28.2 Å². The number of methoxy groups -OCH3 is 1. The molecule has 1 heterocycles. The van der Waals surface area contributed by atoms with E-state index in [1.54, 1.807) is 7.11 Å². The molecule has 2 N–H and O–H groups in total. The summed E-state index contributed by atoms with van der Waals surface area (Å²) in [5.74, 6) is 1.48. The second-order valence-corrected chi connectivity index (χ2v) is 6.16. The number of hydrogen-bond donors (Lipinski definition) is 1. The van der Waals surface area contributed by atoms with E-state index in [0.29, 0.717) is 12.0 Å². The first kappa shape index (κ1) is 12.7. The lowest BCUT2D eigenvalue weighted by atomic mass is 10.2. The highest BCUT2D eigenvalue weighted by Crippen LogP contribution is 2.39. The van der Waals surface area contributed by atoms with Crippen molar-refractivity contribution >= 4 is 28.7 Å². The van der Waals surface area contributed by atoms with E-state index in [1.807, 2.05) is 30.0 Å². The van der Waals surface area contributed by atoms with Crippen molar-refractivity contribution in [1.29, 1.82) is 0 Å². The van der Waals surface area contributed by atoms with Crippen molar-refractivity contribution in [3.63, 3.8) is 0 Å². The third-order valence-electron chi connectivity index (χ3n) is 3.98. The molecule has 2 aromatic rings. The number of nitrogens with two attached hydrogens (primary N) is 1. The summed E-state index contributed by atoms with van der Waals surface area (Å²) in [5.41, 5.74) is 8.15. The van der Waals surface area contributed by atoms with Gasteiger partial charge in [-0.1, -0.05) is 0 Å². The predicted molar refractivity (Wildman–Crippen MR) is 80.9 cm³/mol. The van der Waals surface area contributed by atoms with Crippen LogP contribution in [0.5, 0.6) is 5.75 Å². The Morgan fingerprint density at radius 1 is 1.42 bits per heavy atom. The van der Waals surface area contributed by atoms with Gasteiger partial charge in [0.05, 0.1) is 18.1 Å². The van der Waals surface area contributed by atoms with Gasteiger partial charge in [0.2, 0.25) is 5.95 Å². The molecular weight excluding hydrogens is 258 g/mol. The van der Waals surface area contributed by atoms with Crippen LogP contribution < -0.4 is 10.5 Å². The first-order valence-corrected chi connectivity index (χ1v) is 7.86. The molecule has 0 bridgehead atoms. The standard InChI is InChI=1S/C14H19N3OS/c1-18-10-4-6-12-13(8-10)17(14(15)16-12)9-3-5-11(7-9)19-2/h4,6,8-9,11H,3,5,7H2,1-2H3,(H2,15,16). The lowest BCUT2D eigenvalue weighted by Crippen LogP contribution is -2.09. The molecule has 19 heavy (non-hydrogen) atoms. The molecule has 0 amide bonds. The summed E-state index contributed by atoms with van der Waals surface area (Å²) in [7, 11) is 1.69. The molecular formula is C14H19N3OS. The van der Waals surface area contributed by atoms with Crippen molar-refractivity contribution in [1.82, 2.24) is 9.55 Å². The smallest absolute Gasteiger partial charge is 0.201 e. The topological polar surface area (TPSA) is 53.1 Å². The van der Waals surface area contributed by atoms with Gasteiger partial charge in [-0.05, 0) is 37.7 Å². The lowest BCUT2D eigenvalue weighted by Gasteiger charge is -2.15. The minimum atomic E-state index is 0.467. The second kappa shape index (κ2) is 4.96. The van der Waals surface area contributed by atoms with Gasteiger partial charge < -0.3 is 15.0 Å². The molecule has 1 saturated carbocycles. The number of rotatable bonds is 3. The van der Waals surface area contributed by atoms with E-state index in [0.717, 1.165) is 22.0 Å². The number of nitrogens with zero attached hydrogens (tertiary/aromatic N) is 2. The highest BCUT2D eigenvalue weighted by atomic mass is 32.2. The van der Waals surface area contributed by atoms with Crippen LogP contribution in [0.1, 0.15) is 25.3 Å². The number of aromatic nitrogens is 2. The molecule has 0 aliphatic heterocycles. The second-order valence-electron chi connectivity index (χ2n) is 5.02. The van der Waals surface area contributed by atoms with E-state index in [2.05, 4.69) is 15.8 Å². The van der Waals surface area contributed by atoms with Crippen molar-refractivity contribution in [2.75, 3.05) is 19.1 Å². The summed E-state index contributed by atoms with van der Waals surface area (Å²) >= 11 is 1.95. The summed E-state index contributed by atoms with van der Waals surface area (Å²) in [5, 5.41) is 0.743. The summed E-state index contributed by atoms with van der Waals surface area (Å²) in [4.78, 5) is 4.46. The number of imidazole rings is 1. The van der Waals surface area contributed by atoms with Gasteiger partial charge in [-0.2, -0.15) is 11.8 Å². The lowest BCUT2D eigenvalue weighted by molar-refractivity contribution is 0.415. The first-order valence-electron chi connectivity index (χ1n) is 6.57. The highest BCUT2D eigenvalue weighted by molar-refractivity contribution is 7.99. The van der Waals surface area contributed by atoms with E-state index in [1.165, 1.54) is 19.3 Å². The van der Waals surface area contributed by atoms with Crippen molar-refractivity contribution in [2.24, 2.45) is 0 Å². The number of benzene rings is 1. The van der Waals surface area contributed by atoms with Crippen LogP contribution in [0.25, 0.3) is 11.0 Å². The summed E-state index contributed by atoms with van der Waals surface area (Å²) in [6.07, 6.45) is 5.80. The average molecular weight is 277 g/mol. The van der Waals surface area contributed by atoms with Gasteiger partial charge in [0.1, 0.15) is 5.75 Å². The number of nitrogen functional groups attached to an aromatic ring is 1. The number of hydrogen-bond acceptors (Lipinski definition) is 4. The van der Waals surface area contributed by atoms with Crippen LogP contribution in [0.3, 0.4) is 0 Å². The molecule has 0 radical (unpaired) electrons. The van der Waals surface area contributed by atoms with Gasteiger partial charge >= 0.3 is 0 Å². The molecule has 2 atom stereocenters. The number of ether oxygens (including phenoxy) is 1. The zero-order valence-electron chi connectivity index (χ0n) is 11.3. The Hall–Kier alpha value is -1.36. The monoisotopic (exact) mass is 277 g/mol. The largest absolute Gasteiger partial charge is 0.497 e. The molecule has 5 heteroatoms. The Bertz CT molecular complexity index is 596. The SMILES string of the molecule is COc1ccc2nc(N)n(C3CCC(SC)C3)c2c1. The van der Waals surface area contributed by atoms with Gasteiger partial charge in [-0.3, -0.25) is 0 Å². The van der Waals surface area contributed by atoms with E-state index in [-0.39, 0.29) is 0 Å². The minimum Gasteiger partial charge on any atom is -0.497 e. The molecule has 1 aromatic heterocycles. The molecule has 102 valence electrons. The van der Waals surface area contributed by atoms with Gasteiger partial charge in [0, 0.05) is 17.4 Å². The number of thioether (sulfide) groups is 1. The first-order chi connectivity index (χ1) is 9.22. The van der Waals surface area contributed by atoms with Crippen molar-refractivity contribution in [3.05, 3.63) is 18.2 Å². The molecule has 1 aliphatic carbocycles. The Morgan fingerprint density at radius 2 is 2.26 bits per heavy atom. The molecule has 0 spiro atoms. The Morgan fingerprint density at radius 3 is 2.95 bits per heavy atom. The fourth-order valence-electron chi connectivity index (χ4n) is 2.97. The zero-order chi connectivity index (χ0) is 13.4. The van der Waals surface area contributed by atoms with Crippen LogP contribution in [-0.2, 0) is 0 Å². The maximum atomic E-state index is 6.12. The third-order valence-corrected chi connectivity index (χ3v) is 5.07. The maximum absolute atomic E-state index is 6.12. The minimum absolute atomic E-state index is 0.467. The molecule has 1 fully saturated rings. The van der Waals surface area contributed by atoms with Crippen molar-refractivity contribution < 1.29 is 4.74 Å². The summed E-state index contributed by atoms with van der Waals surface area (Å²) in [6.45, 7) is 0. The fraction of sp³-hybridized carbons (Fsp3) is 0.500. The van der Waals surface area contributed by atoms with Crippen molar-refractivity contribution in [3.8, 4) is 5.75 Å². The highest BCUT2D eigenvalue weighted by Gasteiger charge is 2.27. The van der Waals surface area contributed by atoms with E-state index < -0.39 is 0 Å². The van der Waals surface area contributed by atoms with Gasteiger partial charge in [-0.15, -0.1) is 0 Å². The van der Waals surface area contributed by atoms with Gasteiger partial charge in [-0.25, -0.2) is 4.98 Å². The van der Waals surface area contributed by atoms with Gasteiger partial charge in [0.15, 0.2) is 0 Å². The van der Waals surface area contributed by atoms with Crippen LogP contribution in [0, 0.1) is 0 Å². The molecule has 0 saturated heterocycles. The third kappa shape index (κ3) is 2.16. The van der Waals surface area contributed by atoms with Crippen LogP contribution >= 0.6 is 11.8 Å². The normalized spacial score (nSPS) is 23.1. The quantitative estimate of drug-likeness (QED) is 0.936. The molecule has 4 nitrogen and oxygen atoms in total. The van der Waals surface area contributed by atoms with Crippen LogP contribution in [0.15, 0.2) is 18.2 Å². The molecule has 2 unspecified atom stereocenters. The molecule has 1 aliphatic rings. The van der Waals surface area contributed by atoms with E-state index in [4.69, 9.17) is 10.5 Å². The fourth-order valence-corrected chi connectivity index (χ4v) is 3.75. The van der Waals surface area contributed by atoms with E-state index in [9.17, 15) is 0 Å². The zero-order valence-corrected chi connectivity index (χ0v) is 12.1. The Kier molecular flexibility index (Phi) is 3.31. The van der Waals surface area contributed by atoms with Crippen molar-refractivity contribution in [2.45, 2.75) is 30.6 Å². The van der Waals surface area contributed by atoms with Crippen LogP contribution in [0.2, 0.25) is 0 Å². The van der Waals surface area contributed by atoms with Crippen LogP contribution in [0.4, 0.5) is 5.95 Å². The molecule has 3 rings (SSSR count). The van der Waals surface area contributed by atoms with Gasteiger partial charge in [0.25, 0.3) is 0 Å². The Balaban J connectivity index is 2.04. The summed E-state index contributed by atoms with van der Waals surface area (Å²) in [6, 6.07) is 6.40. The predicted octanol–water partition coefficient (Wildman–Crippen LogP) is 3.08. The molecule has 1 aromatic carbocycles. The maximum Gasteiger partial charge on any atom is 0.201 e. The average Bonchev–Trinajstić information content (AvgIpc) is 3.00. The number of anilines is 1.